The summed E-state index contributed by atoms with van der Waals surface area (Å²) in [5.41, 5.74) is 0.295. The summed E-state index contributed by atoms with van der Waals surface area (Å²) in [7, 11) is 0. The summed E-state index contributed by atoms with van der Waals surface area (Å²) in [6.45, 7) is 3.17. The highest BCUT2D eigenvalue weighted by Gasteiger charge is 2.11. The number of nitriles is 1. The third kappa shape index (κ3) is 3.28. The predicted molar refractivity (Wildman–Crippen MR) is 57.5 cm³/mol. The Bertz CT molecular complexity index is 385. The summed E-state index contributed by atoms with van der Waals surface area (Å²) in [6, 6.07) is 6.12. The van der Waals surface area contributed by atoms with E-state index >= 15 is 0 Å². The fourth-order valence-corrected chi connectivity index (χ4v) is 1.54. The Labute approximate surface area is 94.1 Å². The van der Waals surface area contributed by atoms with Crippen LogP contribution in [-0.2, 0) is 6.54 Å². The van der Waals surface area contributed by atoms with Gasteiger partial charge in [-0.25, -0.2) is 8.78 Å². The van der Waals surface area contributed by atoms with Crippen LogP contribution < -0.4 is 0 Å². The van der Waals surface area contributed by atoms with Crippen molar-refractivity contribution in [2.45, 2.75) is 19.9 Å². The van der Waals surface area contributed by atoms with Crippen molar-refractivity contribution in [1.29, 1.82) is 5.26 Å². The minimum atomic E-state index is -0.842. The van der Waals surface area contributed by atoms with Crippen molar-refractivity contribution >= 4 is 0 Å². The van der Waals surface area contributed by atoms with Gasteiger partial charge in [-0.15, -0.1) is 0 Å². The summed E-state index contributed by atoms with van der Waals surface area (Å²) in [5, 5.41) is 8.61. The summed E-state index contributed by atoms with van der Waals surface area (Å²) < 4.78 is 26.3. The molecule has 0 spiro atoms. The third-order valence-electron chi connectivity index (χ3n) is 2.26. The van der Waals surface area contributed by atoms with Crippen molar-refractivity contribution in [3.05, 3.63) is 35.4 Å². The van der Waals surface area contributed by atoms with E-state index < -0.39 is 11.6 Å². The zero-order chi connectivity index (χ0) is 12.0. The van der Waals surface area contributed by atoms with Crippen LogP contribution in [0.3, 0.4) is 0 Å². The van der Waals surface area contributed by atoms with Gasteiger partial charge < -0.3 is 0 Å². The van der Waals surface area contributed by atoms with E-state index in [0.29, 0.717) is 12.1 Å². The molecule has 1 rings (SSSR count). The molecule has 0 atom stereocenters. The van der Waals surface area contributed by atoms with Crippen LogP contribution in [0.1, 0.15) is 18.9 Å². The average Bonchev–Trinajstić information content (AvgIpc) is 2.25. The maximum atomic E-state index is 13.4. The second kappa shape index (κ2) is 6.19. The second-order valence-corrected chi connectivity index (χ2v) is 3.58. The van der Waals surface area contributed by atoms with Crippen LogP contribution in [0.2, 0.25) is 0 Å². The predicted octanol–water partition coefficient (Wildman–Crippen LogP) is 2.70. The lowest BCUT2D eigenvalue weighted by atomic mass is 10.2. The van der Waals surface area contributed by atoms with Crippen LogP contribution in [-0.4, -0.2) is 18.0 Å². The quantitative estimate of drug-likeness (QED) is 0.719. The number of benzene rings is 1. The average molecular weight is 224 g/mol. The second-order valence-electron chi connectivity index (χ2n) is 3.58. The van der Waals surface area contributed by atoms with Crippen molar-refractivity contribution in [2.24, 2.45) is 0 Å². The van der Waals surface area contributed by atoms with E-state index in [1.165, 1.54) is 6.07 Å². The van der Waals surface area contributed by atoms with Crippen LogP contribution in [0, 0.1) is 23.0 Å². The number of hydrogen-bond donors (Lipinski definition) is 0. The maximum Gasteiger partial charge on any atom is 0.163 e. The van der Waals surface area contributed by atoms with Crippen LogP contribution in [0.4, 0.5) is 8.78 Å². The van der Waals surface area contributed by atoms with Crippen molar-refractivity contribution in [2.75, 3.05) is 13.1 Å². The zero-order valence-corrected chi connectivity index (χ0v) is 9.21. The number of rotatable bonds is 5. The first kappa shape index (κ1) is 12.6. The highest BCUT2D eigenvalue weighted by molar-refractivity contribution is 5.18. The van der Waals surface area contributed by atoms with Crippen LogP contribution in [0.15, 0.2) is 18.2 Å². The normalized spacial score (nSPS) is 10.4. The molecule has 0 bridgehead atoms. The van der Waals surface area contributed by atoms with E-state index in [-0.39, 0.29) is 13.1 Å². The van der Waals surface area contributed by atoms with Crippen LogP contribution in [0.25, 0.3) is 0 Å². The number of nitrogens with zero attached hydrogens (tertiary/aromatic N) is 2. The summed E-state index contributed by atoms with van der Waals surface area (Å²) in [5.74, 6) is -1.66. The molecule has 0 heterocycles. The van der Waals surface area contributed by atoms with Gasteiger partial charge in [-0.2, -0.15) is 5.26 Å². The molecule has 0 amide bonds. The molecule has 1 aromatic rings. The molecule has 0 radical (unpaired) electrons. The van der Waals surface area contributed by atoms with Gasteiger partial charge >= 0.3 is 0 Å². The van der Waals surface area contributed by atoms with Gasteiger partial charge in [0.1, 0.15) is 0 Å². The molecule has 4 heteroatoms. The molecular weight excluding hydrogens is 210 g/mol. The lowest BCUT2D eigenvalue weighted by Gasteiger charge is -2.18. The molecule has 0 aliphatic heterocycles. The first-order valence-corrected chi connectivity index (χ1v) is 5.21. The van der Waals surface area contributed by atoms with Gasteiger partial charge in [0.15, 0.2) is 11.6 Å². The zero-order valence-electron chi connectivity index (χ0n) is 9.21. The largest absolute Gasteiger partial charge is 0.286 e. The molecule has 86 valence electrons. The highest BCUT2D eigenvalue weighted by atomic mass is 19.2. The van der Waals surface area contributed by atoms with Gasteiger partial charge in [-0.3, -0.25) is 4.90 Å². The van der Waals surface area contributed by atoms with Gasteiger partial charge in [0.05, 0.1) is 12.6 Å². The van der Waals surface area contributed by atoms with Crippen molar-refractivity contribution < 1.29 is 8.78 Å². The Morgan fingerprint density at radius 1 is 1.38 bits per heavy atom. The smallest absolute Gasteiger partial charge is 0.163 e. The van der Waals surface area contributed by atoms with E-state index in [1.54, 1.807) is 11.0 Å². The Hall–Kier alpha value is -1.47. The molecule has 0 saturated heterocycles. The molecule has 0 unspecified atom stereocenters. The van der Waals surface area contributed by atoms with Crippen LogP contribution in [0.5, 0.6) is 0 Å². The Morgan fingerprint density at radius 3 is 2.75 bits per heavy atom. The molecule has 2 nitrogen and oxygen atoms in total. The molecule has 1 aromatic carbocycles. The fraction of sp³-hybridized carbons (Fsp3) is 0.417. The lowest BCUT2D eigenvalue weighted by Crippen LogP contribution is -2.25. The van der Waals surface area contributed by atoms with E-state index in [9.17, 15) is 8.78 Å². The van der Waals surface area contributed by atoms with Crippen molar-refractivity contribution in [3.63, 3.8) is 0 Å². The SMILES string of the molecule is CCCN(CC#N)Cc1cccc(F)c1F. The maximum absolute atomic E-state index is 13.4. The first-order chi connectivity index (χ1) is 7.69. The van der Waals surface area contributed by atoms with Crippen molar-refractivity contribution in [3.8, 4) is 6.07 Å². The summed E-state index contributed by atoms with van der Waals surface area (Å²) >= 11 is 0. The minimum Gasteiger partial charge on any atom is -0.286 e. The standard InChI is InChI=1S/C12H14F2N2/c1-2-7-16(8-6-15)9-10-4-3-5-11(13)12(10)14/h3-5H,2,7-9H2,1H3. The lowest BCUT2D eigenvalue weighted by molar-refractivity contribution is 0.292. The number of halogens is 2. The number of hydrogen-bond acceptors (Lipinski definition) is 2. The molecule has 0 aliphatic carbocycles. The van der Waals surface area contributed by atoms with E-state index in [0.717, 1.165) is 12.5 Å². The van der Waals surface area contributed by atoms with E-state index in [4.69, 9.17) is 5.26 Å². The van der Waals surface area contributed by atoms with Crippen LogP contribution >= 0.6 is 0 Å². The van der Waals surface area contributed by atoms with Gasteiger partial charge in [0.2, 0.25) is 0 Å². The van der Waals surface area contributed by atoms with E-state index in [2.05, 4.69) is 0 Å². The minimum absolute atomic E-state index is 0.226. The van der Waals surface area contributed by atoms with E-state index in [1.807, 2.05) is 13.0 Å². The van der Waals surface area contributed by atoms with Gasteiger partial charge in [0, 0.05) is 12.1 Å². The van der Waals surface area contributed by atoms with Gasteiger partial charge in [0.25, 0.3) is 0 Å². The third-order valence-corrected chi connectivity index (χ3v) is 2.26. The highest BCUT2D eigenvalue weighted by Crippen LogP contribution is 2.13. The molecule has 16 heavy (non-hydrogen) atoms. The molecule has 0 N–H and O–H groups in total. The molecule has 0 aliphatic rings. The van der Waals surface area contributed by atoms with Gasteiger partial charge in [-0.1, -0.05) is 19.1 Å². The monoisotopic (exact) mass is 224 g/mol. The molecule has 0 aromatic heterocycles. The Morgan fingerprint density at radius 2 is 2.12 bits per heavy atom. The molecule has 0 saturated carbocycles. The Balaban J connectivity index is 2.77. The Kier molecular flexibility index (Phi) is 4.87. The topological polar surface area (TPSA) is 27.0 Å². The summed E-state index contributed by atoms with van der Waals surface area (Å²) in [6.07, 6.45) is 0.874. The summed E-state index contributed by atoms with van der Waals surface area (Å²) in [4.78, 5) is 1.79. The fourth-order valence-electron chi connectivity index (χ4n) is 1.54. The first-order valence-electron chi connectivity index (χ1n) is 5.21. The molecular formula is C12H14F2N2. The van der Waals surface area contributed by atoms with Gasteiger partial charge in [-0.05, 0) is 19.0 Å². The van der Waals surface area contributed by atoms with Crippen molar-refractivity contribution in [1.82, 2.24) is 4.90 Å². The molecule has 0 fully saturated rings.